The Kier molecular flexibility index (Phi) is 10.4. The quantitative estimate of drug-likeness (QED) is 0.372. The molecule has 24 heavy (non-hydrogen) atoms. The van der Waals surface area contributed by atoms with Gasteiger partial charge in [0.2, 0.25) is 5.91 Å². The zero-order valence-corrected chi connectivity index (χ0v) is 18.3. The number of thioether (sulfide) groups is 1. The summed E-state index contributed by atoms with van der Waals surface area (Å²) in [5, 5.41) is 4.03. The van der Waals surface area contributed by atoms with Crippen LogP contribution in [0.15, 0.2) is 4.99 Å². The number of nitrogens with one attached hydrogen (secondary N) is 1. The van der Waals surface area contributed by atoms with Crippen molar-refractivity contribution >= 4 is 47.6 Å². The Hall–Kier alpha value is -0.220. The van der Waals surface area contributed by atoms with Gasteiger partial charge in [0.25, 0.3) is 0 Å². The highest BCUT2D eigenvalue weighted by atomic mass is 127. The van der Waals surface area contributed by atoms with E-state index in [1.54, 1.807) is 0 Å². The topological polar surface area (TPSA) is 51.2 Å². The molecule has 1 N–H and O–H groups in total. The first-order valence-corrected chi connectivity index (χ1v) is 9.91. The number of nitrogens with zero attached hydrogens (tertiary/aromatic N) is 4. The molecule has 2 saturated heterocycles. The second-order valence-corrected chi connectivity index (χ2v) is 7.60. The first kappa shape index (κ1) is 21.8. The molecule has 2 aliphatic rings. The molecule has 6 nitrogen and oxygen atoms in total. The van der Waals surface area contributed by atoms with Crippen LogP contribution in [0, 0.1) is 0 Å². The number of likely N-dealkylation sites (tertiary alicyclic amines) is 1. The third-order valence-electron chi connectivity index (χ3n) is 4.65. The number of hydrogen-bond donors (Lipinski definition) is 1. The van der Waals surface area contributed by atoms with E-state index in [1.807, 2.05) is 23.7 Å². The van der Waals surface area contributed by atoms with Gasteiger partial charge in [-0.3, -0.25) is 14.7 Å². The molecule has 1 unspecified atom stereocenters. The highest BCUT2D eigenvalue weighted by Crippen LogP contribution is 2.09. The van der Waals surface area contributed by atoms with Gasteiger partial charge < -0.3 is 15.1 Å². The van der Waals surface area contributed by atoms with Gasteiger partial charge in [-0.2, -0.15) is 11.8 Å². The predicted molar refractivity (Wildman–Crippen MR) is 114 cm³/mol. The van der Waals surface area contributed by atoms with E-state index in [0.29, 0.717) is 17.7 Å². The molecule has 0 aromatic carbocycles. The summed E-state index contributed by atoms with van der Waals surface area (Å²) in [6, 6.07) is 0. The second kappa shape index (κ2) is 11.4. The summed E-state index contributed by atoms with van der Waals surface area (Å²) in [6.45, 7) is 9.33. The van der Waals surface area contributed by atoms with Crippen molar-refractivity contribution < 1.29 is 4.79 Å². The zero-order valence-electron chi connectivity index (χ0n) is 15.2. The summed E-state index contributed by atoms with van der Waals surface area (Å²) in [5.74, 6) is 1.28. The number of aliphatic imine (C=N–C) groups is 1. The Morgan fingerprint density at radius 1 is 1.12 bits per heavy atom. The van der Waals surface area contributed by atoms with Crippen molar-refractivity contribution in [3.05, 3.63) is 0 Å². The van der Waals surface area contributed by atoms with Gasteiger partial charge in [0.1, 0.15) is 0 Å². The summed E-state index contributed by atoms with van der Waals surface area (Å²) in [6.07, 6.45) is 4.46. The molecule has 0 bridgehead atoms. The van der Waals surface area contributed by atoms with E-state index in [-0.39, 0.29) is 24.0 Å². The number of piperazine rings is 1. The lowest BCUT2D eigenvalue weighted by Crippen LogP contribution is -2.54. The maximum Gasteiger partial charge on any atom is 0.236 e. The minimum absolute atomic E-state index is 0. The van der Waals surface area contributed by atoms with Crippen LogP contribution in [0.5, 0.6) is 0 Å². The number of rotatable bonds is 5. The van der Waals surface area contributed by atoms with Gasteiger partial charge in [-0.05, 0) is 19.1 Å². The molecule has 2 fully saturated rings. The third-order valence-corrected chi connectivity index (χ3v) is 5.62. The number of halogens is 1. The number of amides is 1. The van der Waals surface area contributed by atoms with Crippen LogP contribution in [0.25, 0.3) is 0 Å². The largest absolute Gasteiger partial charge is 0.355 e. The van der Waals surface area contributed by atoms with E-state index in [2.05, 4.69) is 33.3 Å². The molecule has 0 radical (unpaired) electrons. The standard InChI is InChI=1S/C16H31N5OS.HI/c1-14(23-3)12-18-16(17-2)21-10-8-19(9-11-21)13-15(22)20-6-4-5-7-20;/h14H,4-13H2,1-3H3,(H,17,18);1H. The highest BCUT2D eigenvalue weighted by Gasteiger charge is 2.24. The molecular weight excluding hydrogens is 437 g/mol. The number of carbonyl (C=O) groups excluding carboxylic acids is 1. The van der Waals surface area contributed by atoms with Gasteiger partial charge in [0.05, 0.1) is 6.54 Å². The molecule has 0 aliphatic carbocycles. The maximum atomic E-state index is 12.2. The summed E-state index contributed by atoms with van der Waals surface area (Å²) in [7, 11) is 1.84. The molecule has 8 heteroatoms. The molecular formula is C16H32IN5OS. The average molecular weight is 469 g/mol. The minimum atomic E-state index is 0. The highest BCUT2D eigenvalue weighted by molar-refractivity contribution is 14.0. The van der Waals surface area contributed by atoms with E-state index in [1.165, 1.54) is 0 Å². The fourth-order valence-electron chi connectivity index (χ4n) is 3.03. The van der Waals surface area contributed by atoms with Crippen molar-refractivity contribution in [1.29, 1.82) is 0 Å². The fraction of sp³-hybridized carbons (Fsp3) is 0.875. The van der Waals surface area contributed by atoms with Gasteiger partial charge in [-0.1, -0.05) is 6.92 Å². The number of carbonyl (C=O) groups is 1. The van der Waals surface area contributed by atoms with Gasteiger partial charge in [-0.25, -0.2) is 0 Å². The van der Waals surface area contributed by atoms with Gasteiger partial charge in [0, 0.05) is 58.1 Å². The van der Waals surface area contributed by atoms with Crippen molar-refractivity contribution in [3.8, 4) is 0 Å². The third kappa shape index (κ3) is 6.59. The number of guanidine groups is 1. The molecule has 0 spiro atoms. The van der Waals surface area contributed by atoms with Crippen molar-refractivity contribution in [2.24, 2.45) is 4.99 Å². The van der Waals surface area contributed by atoms with E-state index in [9.17, 15) is 4.79 Å². The molecule has 1 amide bonds. The summed E-state index contributed by atoms with van der Waals surface area (Å²) in [4.78, 5) is 23.2. The minimum Gasteiger partial charge on any atom is -0.355 e. The smallest absolute Gasteiger partial charge is 0.236 e. The van der Waals surface area contributed by atoms with Gasteiger partial charge >= 0.3 is 0 Å². The molecule has 0 aromatic rings. The normalized spacial score (nSPS) is 20.7. The van der Waals surface area contributed by atoms with Crippen LogP contribution in [0.4, 0.5) is 0 Å². The van der Waals surface area contributed by atoms with Crippen LogP contribution < -0.4 is 5.32 Å². The van der Waals surface area contributed by atoms with Gasteiger partial charge in [-0.15, -0.1) is 24.0 Å². The Morgan fingerprint density at radius 3 is 2.29 bits per heavy atom. The van der Waals surface area contributed by atoms with E-state index >= 15 is 0 Å². The lowest BCUT2D eigenvalue weighted by atomic mass is 10.3. The van der Waals surface area contributed by atoms with Crippen LogP contribution in [0.2, 0.25) is 0 Å². The SMILES string of the molecule is CN=C(NCC(C)SC)N1CCN(CC(=O)N2CCCC2)CC1.I. The predicted octanol–water partition coefficient (Wildman–Crippen LogP) is 1.17. The average Bonchev–Trinajstić information content (AvgIpc) is 3.11. The molecule has 2 aliphatic heterocycles. The van der Waals surface area contributed by atoms with E-state index in [0.717, 1.165) is 64.6 Å². The molecule has 1 atom stereocenters. The first-order chi connectivity index (χ1) is 11.1. The van der Waals surface area contributed by atoms with Gasteiger partial charge in [0.15, 0.2) is 5.96 Å². The van der Waals surface area contributed by atoms with Crippen molar-refractivity contribution in [2.45, 2.75) is 25.0 Å². The summed E-state index contributed by atoms with van der Waals surface area (Å²) >= 11 is 1.86. The Labute approximate surface area is 167 Å². The van der Waals surface area contributed by atoms with Crippen LogP contribution >= 0.6 is 35.7 Å². The van der Waals surface area contributed by atoms with E-state index < -0.39 is 0 Å². The molecule has 2 rings (SSSR count). The van der Waals surface area contributed by atoms with Crippen LogP contribution in [0.3, 0.4) is 0 Å². The first-order valence-electron chi connectivity index (χ1n) is 8.62. The monoisotopic (exact) mass is 469 g/mol. The van der Waals surface area contributed by atoms with Crippen molar-refractivity contribution in [3.63, 3.8) is 0 Å². The molecule has 2 heterocycles. The zero-order chi connectivity index (χ0) is 16.7. The summed E-state index contributed by atoms with van der Waals surface area (Å²) in [5.41, 5.74) is 0. The Morgan fingerprint density at radius 2 is 1.75 bits per heavy atom. The Balaban J connectivity index is 0.00000288. The van der Waals surface area contributed by atoms with Crippen LogP contribution in [-0.4, -0.2) is 97.5 Å². The lowest BCUT2D eigenvalue weighted by molar-refractivity contribution is -0.131. The second-order valence-electron chi connectivity index (χ2n) is 6.33. The lowest BCUT2D eigenvalue weighted by Gasteiger charge is -2.36. The van der Waals surface area contributed by atoms with Crippen LogP contribution in [0.1, 0.15) is 19.8 Å². The fourth-order valence-corrected chi connectivity index (χ4v) is 3.28. The maximum absolute atomic E-state index is 12.2. The molecule has 0 aromatic heterocycles. The Bertz CT molecular complexity index is 409. The molecule has 140 valence electrons. The molecule has 0 saturated carbocycles. The van der Waals surface area contributed by atoms with E-state index in [4.69, 9.17) is 0 Å². The van der Waals surface area contributed by atoms with Crippen molar-refractivity contribution in [1.82, 2.24) is 20.0 Å². The van der Waals surface area contributed by atoms with Crippen molar-refractivity contribution in [2.75, 3.05) is 65.7 Å². The number of hydrogen-bond acceptors (Lipinski definition) is 4. The van der Waals surface area contributed by atoms with Crippen LogP contribution in [-0.2, 0) is 4.79 Å². The summed E-state index contributed by atoms with van der Waals surface area (Å²) < 4.78 is 0.